The fourth-order valence-corrected chi connectivity index (χ4v) is 2.21. The van der Waals surface area contributed by atoms with Gasteiger partial charge in [-0.3, -0.25) is 0 Å². The smallest absolute Gasteiger partial charge is 0.0274 e. The summed E-state index contributed by atoms with van der Waals surface area (Å²) in [6, 6.07) is 0. The fourth-order valence-electron chi connectivity index (χ4n) is 2.21. The maximum Gasteiger partial charge on any atom is -0.0274 e. The van der Waals surface area contributed by atoms with Gasteiger partial charge in [-0.25, -0.2) is 0 Å². The van der Waals surface area contributed by atoms with Gasteiger partial charge >= 0.3 is 0 Å². The van der Waals surface area contributed by atoms with E-state index in [-0.39, 0.29) is 0 Å². The van der Waals surface area contributed by atoms with Crippen molar-refractivity contribution in [3.05, 3.63) is 0 Å². The van der Waals surface area contributed by atoms with Gasteiger partial charge in [-0.15, -0.1) is 0 Å². The van der Waals surface area contributed by atoms with Crippen LogP contribution in [-0.4, -0.2) is 0 Å². The number of hydrogen-bond donors (Lipinski definition) is 0. The molecular formula is C14H32. The van der Waals surface area contributed by atoms with E-state index in [1.807, 2.05) is 27.7 Å². The Kier molecular flexibility index (Phi) is 7.60. The minimum Gasteiger partial charge on any atom is -0.0683 e. The van der Waals surface area contributed by atoms with Crippen LogP contribution in [-0.2, 0) is 0 Å². The molecule has 1 aliphatic rings. The second-order valence-electron chi connectivity index (χ2n) is 4.91. The van der Waals surface area contributed by atoms with E-state index >= 15 is 0 Å². The maximum absolute atomic E-state index is 2.41. The Hall–Kier alpha value is 0. The molecule has 88 valence electrons. The lowest BCUT2D eigenvalue weighted by molar-refractivity contribution is -0.0949. The zero-order valence-electron chi connectivity index (χ0n) is 12.0. The quantitative estimate of drug-likeness (QED) is 0.523. The highest BCUT2D eigenvalue weighted by Gasteiger charge is 2.52. The second-order valence-corrected chi connectivity index (χ2v) is 4.91. The van der Waals surface area contributed by atoms with Gasteiger partial charge in [-0.05, 0) is 23.2 Å². The summed E-state index contributed by atoms with van der Waals surface area (Å²) < 4.78 is 0. The predicted octanol–water partition coefficient (Wildman–Crippen LogP) is 5.52. The zero-order valence-corrected chi connectivity index (χ0v) is 12.0. The average molecular weight is 200 g/mol. The highest BCUT2D eigenvalue weighted by Crippen LogP contribution is 2.60. The van der Waals surface area contributed by atoms with Crippen LogP contribution < -0.4 is 0 Å². The highest BCUT2D eigenvalue weighted by atomic mass is 14.6. The van der Waals surface area contributed by atoms with Crippen molar-refractivity contribution in [2.24, 2.45) is 16.7 Å². The van der Waals surface area contributed by atoms with Gasteiger partial charge in [-0.2, -0.15) is 0 Å². The predicted molar refractivity (Wildman–Crippen MR) is 68.7 cm³/mol. The van der Waals surface area contributed by atoms with Crippen molar-refractivity contribution in [3.63, 3.8) is 0 Å². The van der Waals surface area contributed by atoms with E-state index in [2.05, 4.69) is 34.6 Å². The van der Waals surface area contributed by atoms with Crippen molar-refractivity contribution < 1.29 is 0 Å². The molecule has 1 aliphatic carbocycles. The maximum atomic E-state index is 2.41. The Morgan fingerprint density at radius 2 is 1.29 bits per heavy atom. The SMILES string of the molecule is CC.CC.CCC1CC(C)(C)C1(C)C. The Balaban J connectivity index is 0. The van der Waals surface area contributed by atoms with Crippen molar-refractivity contribution in [1.29, 1.82) is 0 Å². The third-order valence-electron chi connectivity index (χ3n) is 4.01. The van der Waals surface area contributed by atoms with Crippen LogP contribution in [0.5, 0.6) is 0 Å². The van der Waals surface area contributed by atoms with Crippen LogP contribution in [0.3, 0.4) is 0 Å². The molecule has 0 nitrogen and oxygen atoms in total. The van der Waals surface area contributed by atoms with Crippen molar-refractivity contribution in [2.75, 3.05) is 0 Å². The first-order valence-electron chi connectivity index (χ1n) is 6.42. The molecule has 1 unspecified atom stereocenters. The minimum atomic E-state index is 0.585. The van der Waals surface area contributed by atoms with Crippen LogP contribution in [0.1, 0.15) is 75.2 Å². The molecule has 0 bridgehead atoms. The monoisotopic (exact) mass is 200 g/mol. The van der Waals surface area contributed by atoms with Crippen molar-refractivity contribution in [2.45, 2.75) is 75.2 Å². The molecule has 0 N–H and O–H groups in total. The number of rotatable bonds is 1. The van der Waals surface area contributed by atoms with E-state index in [9.17, 15) is 0 Å². The lowest BCUT2D eigenvalue weighted by Gasteiger charge is -2.59. The molecule has 0 heterocycles. The molecule has 0 saturated heterocycles. The van der Waals surface area contributed by atoms with E-state index in [0.717, 1.165) is 5.92 Å². The Morgan fingerprint density at radius 1 is 0.929 bits per heavy atom. The molecule has 0 aromatic heterocycles. The standard InChI is InChI=1S/C10H20.2C2H6/c1-6-8-7-9(2,3)10(8,4)5;2*1-2/h8H,6-7H2,1-5H3;2*1-2H3. The van der Waals surface area contributed by atoms with E-state index in [1.54, 1.807) is 0 Å². The normalized spacial score (nSPS) is 25.9. The van der Waals surface area contributed by atoms with Gasteiger partial charge in [0, 0.05) is 0 Å². The molecule has 1 rings (SSSR count). The summed E-state index contributed by atoms with van der Waals surface area (Å²) in [5.74, 6) is 0.975. The van der Waals surface area contributed by atoms with Gasteiger partial charge in [0.15, 0.2) is 0 Å². The average Bonchev–Trinajstić information content (AvgIpc) is 2.20. The first-order chi connectivity index (χ1) is 6.42. The molecule has 0 radical (unpaired) electrons. The lowest BCUT2D eigenvalue weighted by atomic mass is 9.46. The van der Waals surface area contributed by atoms with Crippen molar-refractivity contribution >= 4 is 0 Å². The van der Waals surface area contributed by atoms with Gasteiger partial charge in [0.2, 0.25) is 0 Å². The van der Waals surface area contributed by atoms with Gasteiger partial charge < -0.3 is 0 Å². The fraction of sp³-hybridized carbons (Fsp3) is 1.00. The van der Waals surface area contributed by atoms with Crippen LogP contribution in [0.4, 0.5) is 0 Å². The largest absolute Gasteiger partial charge is 0.0683 e. The highest BCUT2D eigenvalue weighted by molar-refractivity contribution is 5.01. The molecular weight excluding hydrogens is 168 g/mol. The molecule has 0 spiro atoms. The molecule has 0 aromatic carbocycles. The summed E-state index contributed by atoms with van der Waals surface area (Å²) in [5.41, 5.74) is 1.18. The Bertz CT molecular complexity index is 131. The van der Waals surface area contributed by atoms with E-state index in [4.69, 9.17) is 0 Å². The first-order valence-corrected chi connectivity index (χ1v) is 6.42. The summed E-state index contributed by atoms with van der Waals surface area (Å²) in [4.78, 5) is 0. The third-order valence-corrected chi connectivity index (χ3v) is 4.01. The van der Waals surface area contributed by atoms with Crippen LogP contribution in [0, 0.1) is 16.7 Å². The summed E-state index contributed by atoms with van der Waals surface area (Å²) >= 11 is 0. The van der Waals surface area contributed by atoms with Gasteiger partial charge in [-0.1, -0.05) is 68.7 Å². The molecule has 1 fully saturated rings. The summed E-state index contributed by atoms with van der Waals surface area (Å²) in [5, 5.41) is 0. The van der Waals surface area contributed by atoms with Gasteiger partial charge in [0.25, 0.3) is 0 Å². The van der Waals surface area contributed by atoms with Gasteiger partial charge in [0.05, 0.1) is 0 Å². The molecule has 1 atom stereocenters. The zero-order chi connectivity index (χ0) is 12.0. The summed E-state index contributed by atoms with van der Waals surface area (Å²) in [6.07, 6.45) is 2.78. The van der Waals surface area contributed by atoms with Crippen LogP contribution in [0.2, 0.25) is 0 Å². The summed E-state index contributed by atoms with van der Waals surface area (Å²) in [6.45, 7) is 19.9. The van der Waals surface area contributed by atoms with E-state index in [0.29, 0.717) is 10.8 Å². The van der Waals surface area contributed by atoms with Crippen LogP contribution in [0.15, 0.2) is 0 Å². The van der Waals surface area contributed by atoms with E-state index < -0.39 is 0 Å². The molecule has 1 saturated carbocycles. The Morgan fingerprint density at radius 3 is 1.36 bits per heavy atom. The minimum absolute atomic E-state index is 0.585. The Labute approximate surface area is 92.5 Å². The van der Waals surface area contributed by atoms with Crippen LogP contribution in [0.25, 0.3) is 0 Å². The van der Waals surface area contributed by atoms with Gasteiger partial charge in [0.1, 0.15) is 0 Å². The number of hydrogen-bond acceptors (Lipinski definition) is 0. The summed E-state index contributed by atoms with van der Waals surface area (Å²) in [7, 11) is 0. The molecule has 0 heteroatoms. The van der Waals surface area contributed by atoms with Crippen molar-refractivity contribution in [3.8, 4) is 0 Å². The topological polar surface area (TPSA) is 0 Å². The third kappa shape index (κ3) is 3.00. The van der Waals surface area contributed by atoms with E-state index in [1.165, 1.54) is 12.8 Å². The molecule has 0 aliphatic heterocycles. The van der Waals surface area contributed by atoms with Crippen molar-refractivity contribution in [1.82, 2.24) is 0 Å². The molecule has 0 amide bonds. The molecule has 14 heavy (non-hydrogen) atoms. The first kappa shape index (κ1) is 16.4. The van der Waals surface area contributed by atoms with Crippen LogP contribution >= 0.6 is 0 Å². The molecule has 0 aromatic rings. The lowest BCUT2D eigenvalue weighted by Crippen LogP contribution is -2.50. The second kappa shape index (κ2) is 6.48.